The van der Waals surface area contributed by atoms with Crippen LogP contribution in [0.1, 0.15) is 19.3 Å². The van der Waals surface area contributed by atoms with Gasteiger partial charge in [0.15, 0.2) is 5.82 Å². The van der Waals surface area contributed by atoms with E-state index in [1.54, 1.807) is 0 Å². The highest BCUT2D eigenvalue weighted by Gasteiger charge is 2.22. The van der Waals surface area contributed by atoms with Gasteiger partial charge in [-0.05, 0) is 25.5 Å². The summed E-state index contributed by atoms with van der Waals surface area (Å²) in [6, 6.07) is 1.31. The molecule has 1 fully saturated rings. The number of hydrogen-bond donors (Lipinski definition) is 2. The zero-order chi connectivity index (χ0) is 13.1. The second-order valence-electron chi connectivity index (χ2n) is 4.24. The molecule has 0 spiro atoms. The van der Waals surface area contributed by atoms with Gasteiger partial charge < -0.3 is 10.6 Å². The summed E-state index contributed by atoms with van der Waals surface area (Å²) in [6.45, 7) is 0.762. The summed E-state index contributed by atoms with van der Waals surface area (Å²) in [5, 5.41) is 5.30. The van der Waals surface area contributed by atoms with Crippen LogP contribution < -0.4 is 10.6 Å². The van der Waals surface area contributed by atoms with E-state index in [0.29, 0.717) is 12.5 Å². The molecule has 98 valence electrons. The van der Waals surface area contributed by atoms with Gasteiger partial charge in [0.1, 0.15) is 5.82 Å². The van der Waals surface area contributed by atoms with Crippen LogP contribution >= 0.6 is 11.6 Å². The van der Waals surface area contributed by atoms with E-state index >= 15 is 0 Å². The topological polar surface area (TPSA) is 41.1 Å². The molecule has 2 N–H and O–H groups in total. The molecule has 3 nitrogen and oxygen atoms in total. The minimum absolute atomic E-state index is 0.142. The van der Waals surface area contributed by atoms with E-state index in [4.69, 9.17) is 11.6 Å². The third-order valence-electron chi connectivity index (χ3n) is 2.88. The van der Waals surface area contributed by atoms with E-state index in [2.05, 4.69) is 10.6 Å². The maximum Gasteiger partial charge on any atom is 0.241 e. The Kier molecular flexibility index (Phi) is 4.14. The monoisotopic (exact) mass is 274 g/mol. The van der Waals surface area contributed by atoms with Crippen LogP contribution in [-0.4, -0.2) is 18.5 Å². The fourth-order valence-corrected chi connectivity index (χ4v) is 2.19. The number of nitrogens with one attached hydrogen (secondary N) is 2. The largest absolute Gasteiger partial charge is 0.321 e. The van der Waals surface area contributed by atoms with Crippen molar-refractivity contribution in [1.82, 2.24) is 5.32 Å². The molecule has 0 saturated carbocycles. The maximum atomic E-state index is 13.5. The normalized spacial score (nSPS) is 19.6. The van der Waals surface area contributed by atoms with E-state index in [0.717, 1.165) is 25.5 Å². The van der Waals surface area contributed by atoms with Gasteiger partial charge in [0, 0.05) is 6.07 Å². The highest BCUT2D eigenvalue weighted by molar-refractivity contribution is 6.33. The Morgan fingerprint density at radius 1 is 1.39 bits per heavy atom. The van der Waals surface area contributed by atoms with Gasteiger partial charge in [0.05, 0.1) is 16.8 Å². The van der Waals surface area contributed by atoms with Gasteiger partial charge in [-0.15, -0.1) is 0 Å². The van der Waals surface area contributed by atoms with Crippen LogP contribution in [0, 0.1) is 11.6 Å². The molecule has 0 bridgehead atoms. The molecule has 0 radical (unpaired) electrons. The summed E-state index contributed by atoms with van der Waals surface area (Å²) in [6.07, 6.45) is 2.67. The molecule has 1 saturated heterocycles. The summed E-state index contributed by atoms with van der Waals surface area (Å²) in [5.74, 6) is -1.99. The first-order valence-corrected chi connectivity index (χ1v) is 6.14. The van der Waals surface area contributed by atoms with E-state index in [9.17, 15) is 13.6 Å². The van der Waals surface area contributed by atoms with Crippen LogP contribution in [0.15, 0.2) is 12.1 Å². The van der Waals surface area contributed by atoms with Gasteiger partial charge in [0.2, 0.25) is 5.91 Å². The van der Waals surface area contributed by atoms with Gasteiger partial charge in [0.25, 0.3) is 0 Å². The van der Waals surface area contributed by atoms with Crippen LogP contribution in [0.25, 0.3) is 0 Å². The predicted octanol–water partition coefficient (Wildman–Crippen LogP) is 2.70. The molecule has 2 rings (SSSR count). The quantitative estimate of drug-likeness (QED) is 0.871. The van der Waals surface area contributed by atoms with Crippen molar-refractivity contribution in [3.63, 3.8) is 0 Å². The van der Waals surface area contributed by atoms with E-state index in [-0.39, 0.29) is 22.7 Å². The lowest BCUT2D eigenvalue weighted by Gasteiger charge is -2.22. The summed E-state index contributed by atoms with van der Waals surface area (Å²) in [4.78, 5) is 11.9. The minimum Gasteiger partial charge on any atom is -0.321 e. The Bertz CT molecular complexity index is 438. The molecule has 6 heteroatoms. The fourth-order valence-electron chi connectivity index (χ4n) is 1.95. The molecular weight excluding hydrogens is 262 g/mol. The highest BCUT2D eigenvalue weighted by atomic mass is 35.5. The molecule has 1 aliphatic rings. The summed E-state index contributed by atoms with van der Waals surface area (Å²) in [7, 11) is 0. The second kappa shape index (κ2) is 5.63. The van der Waals surface area contributed by atoms with Crippen LogP contribution in [0.3, 0.4) is 0 Å². The van der Waals surface area contributed by atoms with Gasteiger partial charge in [-0.2, -0.15) is 0 Å². The SMILES string of the molecule is O=C(Nc1c(F)cc(F)cc1Cl)[C@@H]1CCCCN1. The van der Waals surface area contributed by atoms with Crippen LogP contribution in [-0.2, 0) is 4.79 Å². The predicted molar refractivity (Wildman–Crippen MR) is 65.6 cm³/mol. The standard InChI is InChI=1S/C12H13ClF2N2O/c13-8-5-7(14)6-9(15)11(8)17-12(18)10-3-1-2-4-16-10/h5-6,10,16H,1-4H2,(H,17,18)/t10-/m0/s1. The molecule has 1 aliphatic heterocycles. The highest BCUT2D eigenvalue weighted by Crippen LogP contribution is 2.26. The zero-order valence-corrected chi connectivity index (χ0v) is 10.4. The molecule has 1 atom stereocenters. The second-order valence-corrected chi connectivity index (χ2v) is 4.64. The van der Waals surface area contributed by atoms with Crippen molar-refractivity contribution < 1.29 is 13.6 Å². The zero-order valence-electron chi connectivity index (χ0n) is 9.60. The molecular formula is C12H13ClF2N2O. The number of carbonyl (C=O) groups excluding carboxylic acids is 1. The average Bonchev–Trinajstić information content (AvgIpc) is 2.34. The van der Waals surface area contributed by atoms with Crippen molar-refractivity contribution in [2.45, 2.75) is 25.3 Å². The van der Waals surface area contributed by atoms with Crippen molar-refractivity contribution in [3.05, 3.63) is 28.8 Å². The summed E-state index contributed by atoms with van der Waals surface area (Å²) < 4.78 is 26.3. The van der Waals surface area contributed by atoms with Gasteiger partial charge >= 0.3 is 0 Å². The Morgan fingerprint density at radius 2 is 2.17 bits per heavy atom. The van der Waals surface area contributed by atoms with E-state index < -0.39 is 11.6 Å². The number of carbonyl (C=O) groups is 1. The number of hydrogen-bond acceptors (Lipinski definition) is 2. The van der Waals surface area contributed by atoms with Crippen molar-refractivity contribution in [2.75, 3.05) is 11.9 Å². The number of piperidine rings is 1. The van der Waals surface area contributed by atoms with Crippen molar-refractivity contribution >= 4 is 23.2 Å². The molecule has 0 aliphatic carbocycles. The Morgan fingerprint density at radius 3 is 2.78 bits per heavy atom. The average molecular weight is 275 g/mol. The van der Waals surface area contributed by atoms with E-state index in [1.165, 1.54) is 0 Å². The minimum atomic E-state index is -0.871. The number of anilines is 1. The Balaban J connectivity index is 2.11. The fraction of sp³-hybridized carbons (Fsp3) is 0.417. The van der Waals surface area contributed by atoms with Crippen molar-refractivity contribution in [2.24, 2.45) is 0 Å². The van der Waals surface area contributed by atoms with Crippen molar-refractivity contribution in [3.8, 4) is 0 Å². The molecule has 0 aromatic heterocycles. The molecule has 0 unspecified atom stereocenters. The Hall–Kier alpha value is -1.20. The first-order chi connectivity index (χ1) is 8.58. The molecule has 1 amide bonds. The van der Waals surface area contributed by atoms with E-state index in [1.807, 2.05) is 0 Å². The Labute approximate surface area is 109 Å². The number of benzene rings is 1. The third kappa shape index (κ3) is 2.97. The lowest BCUT2D eigenvalue weighted by atomic mass is 10.0. The number of amides is 1. The third-order valence-corrected chi connectivity index (χ3v) is 3.18. The van der Waals surface area contributed by atoms with Gasteiger partial charge in [-0.3, -0.25) is 4.79 Å². The van der Waals surface area contributed by atoms with Gasteiger partial charge in [-0.1, -0.05) is 18.0 Å². The van der Waals surface area contributed by atoms with Crippen LogP contribution in [0.2, 0.25) is 5.02 Å². The molecule has 1 aromatic rings. The number of rotatable bonds is 2. The van der Waals surface area contributed by atoms with Crippen LogP contribution in [0.5, 0.6) is 0 Å². The molecule has 18 heavy (non-hydrogen) atoms. The summed E-state index contributed by atoms with van der Waals surface area (Å²) in [5.41, 5.74) is -0.171. The lowest BCUT2D eigenvalue weighted by molar-refractivity contribution is -0.118. The molecule has 1 aromatic carbocycles. The lowest BCUT2D eigenvalue weighted by Crippen LogP contribution is -2.43. The van der Waals surface area contributed by atoms with Gasteiger partial charge in [-0.25, -0.2) is 8.78 Å². The maximum absolute atomic E-state index is 13.5. The number of halogens is 3. The van der Waals surface area contributed by atoms with Crippen LogP contribution in [0.4, 0.5) is 14.5 Å². The first-order valence-electron chi connectivity index (χ1n) is 5.76. The van der Waals surface area contributed by atoms with Crippen molar-refractivity contribution in [1.29, 1.82) is 0 Å². The summed E-state index contributed by atoms with van der Waals surface area (Å²) >= 11 is 5.70. The molecule has 1 heterocycles. The first kappa shape index (κ1) is 13.2. The smallest absolute Gasteiger partial charge is 0.241 e.